The lowest BCUT2D eigenvalue weighted by Gasteiger charge is -2.07. The molecule has 0 unspecified atom stereocenters. The first kappa shape index (κ1) is 19.7. The Kier molecular flexibility index (Phi) is 5.81. The van der Waals surface area contributed by atoms with E-state index in [-0.39, 0.29) is 17.2 Å². The molecule has 0 amide bonds. The van der Waals surface area contributed by atoms with Crippen LogP contribution >= 0.6 is 0 Å². The van der Waals surface area contributed by atoms with Crippen molar-refractivity contribution in [1.82, 2.24) is 4.98 Å². The van der Waals surface area contributed by atoms with Gasteiger partial charge in [0.15, 0.2) is 0 Å². The van der Waals surface area contributed by atoms with Gasteiger partial charge in [0, 0.05) is 23.9 Å². The smallest absolute Gasteiger partial charge is 0.266 e. The predicted octanol–water partition coefficient (Wildman–Crippen LogP) is 3.91. The second-order valence-corrected chi connectivity index (χ2v) is 7.81. The van der Waals surface area contributed by atoms with E-state index in [0.29, 0.717) is 12.1 Å². The Labute approximate surface area is 162 Å². The van der Waals surface area contributed by atoms with E-state index in [9.17, 15) is 18.5 Å². The van der Waals surface area contributed by atoms with E-state index in [1.807, 2.05) is 13.0 Å². The molecule has 0 N–H and O–H groups in total. The maximum Gasteiger partial charge on any atom is 0.296 e. The van der Waals surface area contributed by atoms with Gasteiger partial charge in [0.25, 0.3) is 15.8 Å². The minimum Gasteiger partial charge on any atom is -0.266 e. The maximum atomic E-state index is 12.2. The van der Waals surface area contributed by atoms with Crippen molar-refractivity contribution in [2.24, 2.45) is 0 Å². The molecular weight excluding hydrogens is 380 g/mol. The van der Waals surface area contributed by atoms with Crippen molar-refractivity contribution >= 4 is 15.8 Å². The Morgan fingerprint density at radius 3 is 2.25 bits per heavy atom. The molecule has 1 aromatic heterocycles. The number of non-ortho nitro benzene ring substituents is 1. The van der Waals surface area contributed by atoms with Crippen LogP contribution in [0.25, 0.3) is 11.3 Å². The third-order valence-corrected chi connectivity index (χ3v) is 5.46. The number of hydrogen-bond donors (Lipinski definition) is 0. The number of nitro benzene ring substituents is 1. The van der Waals surface area contributed by atoms with Gasteiger partial charge in [-0.1, -0.05) is 23.8 Å². The van der Waals surface area contributed by atoms with Gasteiger partial charge >= 0.3 is 0 Å². The van der Waals surface area contributed by atoms with E-state index in [0.717, 1.165) is 16.7 Å². The number of aromatic nitrogens is 1. The topological polar surface area (TPSA) is 99.4 Å². The van der Waals surface area contributed by atoms with Gasteiger partial charge in [-0.25, -0.2) is 0 Å². The van der Waals surface area contributed by atoms with Gasteiger partial charge < -0.3 is 0 Å². The normalized spacial score (nSPS) is 11.3. The van der Waals surface area contributed by atoms with E-state index in [2.05, 4.69) is 4.98 Å². The first-order chi connectivity index (χ1) is 13.3. The van der Waals surface area contributed by atoms with E-state index in [1.165, 1.54) is 24.3 Å². The monoisotopic (exact) mass is 398 g/mol. The van der Waals surface area contributed by atoms with Gasteiger partial charge in [-0.2, -0.15) is 8.42 Å². The molecule has 0 aliphatic rings. The number of hydrogen-bond acceptors (Lipinski definition) is 6. The summed E-state index contributed by atoms with van der Waals surface area (Å²) in [6.07, 6.45) is 2.03. The highest BCUT2D eigenvalue weighted by molar-refractivity contribution is 7.86. The van der Waals surface area contributed by atoms with Crippen LogP contribution in [0.1, 0.15) is 11.1 Å². The van der Waals surface area contributed by atoms with Crippen LogP contribution in [-0.4, -0.2) is 24.9 Å². The highest BCUT2D eigenvalue weighted by atomic mass is 32.2. The van der Waals surface area contributed by atoms with Crippen LogP contribution < -0.4 is 0 Å². The molecule has 3 aromatic rings. The molecule has 2 aromatic carbocycles. The third-order valence-electron chi connectivity index (χ3n) is 4.14. The molecule has 7 nitrogen and oxygen atoms in total. The van der Waals surface area contributed by atoms with Gasteiger partial charge in [0.1, 0.15) is 0 Å². The second-order valence-electron chi connectivity index (χ2n) is 6.19. The van der Waals surface area contributed by atoms with Crippen LogP contribution in [0.4, 0.5) is 5.69 Å². The van der Waals surface area contributed by atoms with Gasteiger partial charge in [-0.3, -0.25) is 19.3 Å². The minimum absolute atomic E-state index is 0.00870. The summed E-state index contributed by atoms with van der Waals surface area (Å²) in [5.74, 6) is 0. The Morgan fingerprint density at radius 1 is 1.00 bits per heavy atom. The summed E-state index contributed by atoms with van der Waals surface area (Å²) in [5.41, 5.74) is 3.25. The van der Waals surface area contributed by atoms with Gasteiger partial charge in [-0.15, -0.1) is 0 Å². The quantitative estimate of drug-likeness (QED) is 0.340. The average molecular weight is 398 g/mol. The van der Waals surface area contributed by atoms with E-state index in [4.69, 9.17) is 4.18 Å². The van der Waals surface area contributed by atoms with E-state index >= 15 is 0 Å². The summed E-state index contributed by atoms with van der Waals surface area (Å²) >= 11 is 0. The van der Waals surface area contributed by atoms with Gasteiger partial charge in [0.2, 0.25) is 0 Å². The fraction of sp³-hybridized carbons (Fsp3) is 0.150. The standard InChI is InChI=1S/C20H18N2O5S/c1-15-2-9-19(10-3-15)28(25,26)27-13-12-16-4-11-20(21-14-16)17-5-7-18(8-6-17)22(23)24/h2-11,14H,12-13H2,1H3. The Balaban J connectivity index is 1.60. The van der Waals surface area contributed by atoms with Crippen molar-refractivity contribution in [3.05, 3.63) is 88.1 Å². The highest BCUT2D eigenvalue weighted by Crippen LogP contribution is 2.21. The Hall–Kier alpha value is -3.10. The first-order valence-electron chi connectivity index (χ1n) is 8.51. The maximum absolute atomic E-state index is 12.2. The molecule has 3 rings (SSSR count). The fourth-order valence-electron chi connectivity index (χ4n) is 2.54. The number of benzene rings is 2. The molecule has 0 saturated heterocycles. The molecule has 0 aliphatic heterocycles. The summed E-state index contributed by atoms with van der Waals surface area (Å²) in [5, 5.41) is 10.7. The molecule has 0 atom stereocenters. The molecule has 8 heteroatoms. The SMILES string of the molecule is Cc1ccc(S(=O)(=O)OCCc2ccc(-c3ccc([N+](=O)[O-])cc3)nc2)cc1. The van der Waals surface area contributed by atoms with Crippen molar-refractivity contribution in [2.75, 3.05) is 6.61 Å². The van der Waals surface area contributed by atoms with Crippen molar-refractivity contribution in [3.8, 4) is 11.3 Å². The number of nitro groups is 1. The largest absolute Gasteiger partial charge is 0.296 e. The average Bonchev–Trinajstić information content (AvgIpc) is 2.69. The van der Waals surface area contributed by atoms with Gasteiger partial charge in [0.05, 0.1) is 22.1 Å². The van der Waals surface area contributed by atoms with Crippen LogP contribution in [0.15, 0.2) is 71.8 Å². The lowest BCUT2D eigenvalue weighted by atomic mass is 10.1. The van der Waals surface area contributed by atoms with Crippen LogP contribution in [-0.2, 0) is 20.7 Å². The minimum atomic E-state index is -3.78. The van der Waals surface area contributed by atoms with Crippen molar-refractivity contribution in [3.63, 3.8) is 0 Å². The zero-order valence-corrected chi connectivity index (χ0v) is 15.9. The first-order valence-corrected chi connectivity index (χ1v) is 9.92. The van der Waals surface area contributed by atoms with Crippen LogP contribution in [0.2, 0.25) is 0 Å². The number of rotatable bonds is 7. The molecule has 28 heavy (non-hydrogen) atoms. The van der Waals surface area contributed by atoms with Crippen LogP contribution in [0, 0.1) is 17.0 Å². The highest BCUT2D eigenvalue weighted by Gasteiger charge is 2.14. The number of nitrogens with zero attached hydrogens (tertiary/aromatic N) is 2. The summed E-state index contributed by atoms with van der Waals surface area (Å²) < 4.78 is 29.4. The molecule has 144 valence electrons. The Morgan fingerprint density at radius 2 is 1.68 bits per heavy atom. The summed E-state index contributed by atoms with van der Waals surface area (Å²) in [4.78, 5) is 14.7. The van der Waals surface area contributed by atoms with E-state index < -0.39 is 15.0 Å². The third kappa shape index (κ3) is 4.79. The zero-order valence-electron chi connectivity index (χ0n) is 15.1. The summed E-state index contributed by atoms with van der Waals surface area (Å²) in [7, 11) is -3.78. The van der Waals surface area contributed by atoms with Crippen molar-refractivity contribution < 1.29 is 17.5 Å². The lowest BCUT2D eigenvalue weighted by Crippen LogP contribution is -2.09. The molecule has 0 saturated carbocycles. The molecule has 0 spiro atoms. The molecule has 0 fully saturated rings. The van der Waals surface area contributed by atoms with Gasteiger partial charge in [-0.05, 0) is 49.2 Å². The molecule has 1 heterocycles. The predicted molar refractivity (Wildman–Crippen MR) is 104 cm³/mol. The molecule has 0 bridgehead atoms. The molecular formula is C20H18N2O5S. The zero-order chi connectivity index (χ0) is 20.1. The summed E-state index contributed by atoms with van der Waals surface area (Å²) in [6, 6.07) is 16.2. The molecule has 0 aliphatic carbocycles. The fourth-order valence-corrected chi connectivity index (χ4v) is 3.45. The van der Waals surface area contributed by atoms with Crippen molar-refractivity contribution in [1.29, 1.82) is 0 Å². The Bertz CT molecular complexity index is 1060. The van der Waals surface area contributed by atoms with E-state index in [1.54, 1.807) is 36.5 Å². The van der Waals surface area contributed by atoms with Crippen LogP contribution in [0.3, 0.4) is 0 Å². The molecule has 0 radical (unpaired) electrons. The second kappa shape index (κ2) is 8.28. The number of aryl methyl sites for hydroxylation is 1. The number of pyridine rings is 1. The summed E-state index contributed by atoms with van der Waals surface area (Å²) in [6.45, 7) is 1.89. The van der Waals surface area contributed by atoms with Crippen molar-refractivity contribution in [2.45, 2.75) is 18.2 Å². The van der Waals surface area contributed by atoms with Crippen LogP contribution in [0.5, 0.6) is 0 Å². The lowest BCUT2D eigenvalue weighted by molar-refractivity contribution is -0.384.